The third kappa shape index (κ3) is 2.15. The molecule has 6 heteroatoms. The summed E-state index contributed by atoms with van der Waals surface area (Å²) >= 11 is 0. The predicted molar refractivity (Wildman–Crippen MR) is 89.8 cm³/mol. The molecule has 23 heavy (non-hydrogen) atoms. The molecule has 4 aromatic heterocycles. The van der Waals surface area contributed by atoms with Gasteiger partial charge in [0.25, 0.3) is 0 Å². The van der Waals surface area contributed by atoms with E-state index in [0.717, 1.165) is 39.1 Å². The molecule has 0 unspecified atom stereocenters. The first-order valence-corrected chi connectivity index (χ1v) is 7.24. The molecule has 1 N–H and O–H groups in total. The second kappa shape index (κ2) is 5.24. The minimum Gasteiger partial charge on any atom is -0.495 e. The van der Waals surface area contributed by atoms with E-state index >= 15 is 0 Å². The van der Waals surface area contributed by atoms with Crippen LogP contribution >= 0.6 is 0 Å². The molecule has 0 bridgehead atoms. The van der Waals surface area contributed by atoms with Crippen LogP contribution < -0.4 is 10.1 Å². The van der Waals surface area contributed by atoms with Crippen LogP contribution in [0.4, 0.5) is 5.82 Å². The van der Waals surface area contributed by atoms with E-state index in [0.29, 0.717) is 0 Å². The Balaban J connectivity index is 1.95. The average Bonchev–Trinajstić information content (AvgIpc) is 3.03. The zero-order valence-corrected chi connectivity index (χ0v) is 12.8. The number of anilines is 1. The quantitative estimate of drug-likeness (QED) is 0.630. The fraction of sp³-hybridized carbons (Fsp3) is 0.118. The summed E-state index contributed by atoms with van der Waals surface area (Å²) in [5, 5.41) is 9.79. The molecule has 0 aliphatic carbocycles. The highest BCUT2D eigenvalue weighted by Crippen LogP contribution is 2.31. The van der Waals surface area contributed by atoms with Crippen LogP contribution in [0, 0.1) is 0 Å². The lowest BCUT2D eigenvalue weighted by Crippen LogP contribution is -1.96. The van der Waals surface area contributed by atoms with Gasteiger partial charge >= 0.3 is 0 Å². The third-order valence-electron chi connectivity index (χ3n) is 3.87. The van der Waals surface area contributed by atoms with Crippen molar-refractivity contribution < 1.29 is 4.74 Å². The van der Waals surface area contributed by atoms with Crippen LogP contribution in [0.25, 0.3) is 27.5 Å². The fourth-order valence-electron chi connectivity index (χ4n) is 2.71. The largest absolute Gasteiger partial charge is 0.495 e. The molecule has 0 atom stereocenters. The van der Waals surface area contributed by atoms with Gasteiger partial charge in [-0.2, -0.15) is 5.10 Å². The zero-order chi connectivity index (χ0) is 15.8. The Morgan fingerprint density at radius 3 is 2.87 bits per heavy atom. The molecule has 0 aliphatic heterocycles. The molecule has 6 nitrogen and oxygen atoms in total. The lowest BCUT2D eigenvalue weighted by atomic mass is 10.1. The highest BCUT2D eigenvalue weighted by molar-refractivity contribution is 6.00. The van der Waals surface area contributed by atoms with Gasteiger partial charge in [-0.25, -0.2) is 9.50 Å². The maximum atomic E-state index is 5.25. The van der Waals surface area contributed by atoms with Gasteiger partial charge in [0.1, 0.15) is 11.6 Å². The zero-order valence-electron chi connectivity index (χ0n) is 12.8. The molecule has 0 amide bonds. The van der Waals surface area contributed by atoms with E-state index in [1.54, 1.807) is 13.3 Å². The molecule has 0 spiro atoms. The van der Waals surface area contributed by atoms with E-state index in [1.807, 2.05) is 54.4 Å². The van der Waals surface area contributed by atoms with Gasteiger partial charge in [-0.05, 0) is 29.7 Å². The van der Waals surface area contributed by atoms with Crippen molar-refractivity contribution in [2.45, 2.75) is 0 Å². The molecule has 0 aromatic carbocycles. The minimum atomic E-state index is 0.768. The van der Waals surface area contributed by atoms with Crippen molar-refractivity contribution in [2.24, 2.45) is 0 Å². The first kappa shape index (κ1) is 13.5. The molecule has 0 saturated heterocycles. The number of nitrogens with zero attached hydrogens (tertiary/aromatic N) is 4. The summed E-state index contributed by atoms with van der Waals surface area (Å²) in [6, 6.07) is 7.92. The van der Waals surface area contributed by atoms with E-state index in [1.165, 1.54) is 0 Å². The Morgan fingerprint density at radius 2 is 2.04 bits per heavy atom. The average molecular weight is 305 g/mol. The molecule has 0 fully saturated rings. The predicted octanol–water partition coefficient (Wildman–Crippen LogP) is 2.99. The van der Waals surface area contributed by atoms with Gasteiger partial charge in [0.15, 0.2) is 0 Å². The molecule has 114 valence electrons. The number of hydrogen-bond acceptors (Lipinski definition) is 5. The number of ether oxygens (including phenoxy) is 1. The Hall–Kier alpha value is -3.15. The maximum absolute atomic E-state index is 5.25. The topological polar surface area (TPSA) is 64.3 Å². The summed E-state index contributed by atoms with van der Waals surface area (Å²) < 4.78 is 7.06. The van der Waals surface area contributed by atoms with Gasteiger partial charge in [0.2, 0.25) is 0 Å². The molecule has 4 heterocycles. The first-order chi connectivity index (χ1) is 11.3. The van der Waals surface area contributed by atoms with Gasteiger partial charge < -0.3 is 10.1 Å². The summed E-state index contributed by atoms with van der Waals surface area (Å²) in [6.07, 6.45) is 7.30. The van der Waals surface area contributed by atoms with E-state index in [4.69, 9.17) is 4.74 Å². The first-order valence-electron chi connectivity index (χ1n) is 7.24. The molecular weight excluding hydrogens is 290 g/mol. The molecule has 0 saturated carbocycles. The van der Waals surface area contributed by atoms with E-state index in [2.05, 4.69) is 20.4 Å². The Kier molecular flexibility index (Phi) is 3.08. The van der Waals surface area contributed by atoms with Crippen LogP contribution in [-0.2, 0) is 0 Å². The van der Waals surface area contributed by atoms with Crippen molar-refractivity contribution in [3.8, 4) is 17.0 Å². The Morgan fingerprint density at radius 1 is 1.13 bits per heavy atom. The van der Waals surface area contributed by atoms with E-state index in [9.17, 15) is 0 Å². The smallest absolute Gasteiger partial charge is 0.137 e. The fourth-order valence-corrected chi connectivity index (χ4v) is 2.71. The third-order valence-corrected chi connectivity index (χ3v) is 3.87. The number of aromatic nitrogens is 4. The monoisotopic (exact) mass is 305 g/mol. The van der Waals surface area contributed by atoms with E-state index < -0.39 is 0 Å². The lowest BCUT2D eigenvalue weighted by Gasteiger charge is -2.07. The van der Waals surface area contributed by atoms with Crippen molar-refractivity contribution in [1.82, 2.24) is 19.6 Å². The Bertz CT molecular complexity index is 1010. The van der Waals surface area contributed by atoms with Gasteiger partial charge in [-0.15, -0.1) is 0 Å². The number of hydrogen-bond donors (Lipinski definition) is 1. The molecular formula is C17H15N5O. The second-order valence-electron chi connectivity index (χ2n) is 5.16. The van der Waals surface area contributed by atoms with Gasteiger partial charge in [0, 0.05) is 36.6 Å². The summed E-state index contributed by atoms with van der Waals surface area (Å²) in [5.74, 6) is 1.58. The number of nitrogens with one attached hydrogen (secondary N) is 1. The van der Waals surface area contributed by atoms with Gasteiger partial charge in [-0.1, -0.05) is 0 Å². The van der Waals surface area contributed by atoms with Crippen molar-refractivity contribution >= 4 is 22.1 Å². The lowest BCUT2D eigenvalue weighted by molar-refractivity contribution is 0.411. The van der Waals surface area contributed by atoms with Crippen molar-refractivity contribution in [2.75, 3.05) is 19.5 Å². The van der Waals surface area contributed by atoms with Crippen LogP contribution in [-0.4, -0.2) is 33.7 Å². The minimum absolute atomic E-state index is 0.768. The van der Waals surface area contributed by atoms with Crippen LogP contribution in [0.15, 0.2) is 49.1 Å². The second-order valence-corrected chi connectivity index (χ2v) is 5.16. The molecule has 4 aromatic rings. The summed E-state index contributed by atoms with van der Waals surface area (Å²) in [4.78, 5) is 8.68. The van der Waals surface area contributed by atoms with Crippen molar-refractivity contribution in [3.63, 3.8) is 0 Å². The van der Waals surface area contributed by atoms with E-state index in [-0.39, 0.29) is 0 Å². The molecule has 0 aliphatic rings. The van der Waals surface area contributed by atoms with Crippen LogP contribution in [0.2, 0.25) is 0 Å². The summed E-state index contributed by atoms with van der Waals surface area (Å²) in [6.45, 7) is 0. The number of fused-ring (bicyclic) bond motifs is 2. The van der Waals surface area contributed by atoms with Gasteiger partial charge in [-0.3, -0.25) is 4.98 Å². The summed E-state index contributed by atoms with van der Waals surface area (Å²) in [7, 11) is 3.50. The number of methoxy groups -OCH3 is 1. The Labute approximate surface area is 132 Å². The standard InChI is InChI=1S/C17H15N5O/c1-18-17-15-8-19-6-5-13(15)14(9-20-17)16-7-11-3-4-12(23-2)10-22(11)21-16/h3-10H,1-2H3,(H,18,20). The van der Waals surface area contributed by atoms with Crippen molar-refractivity contribution in [1.29, 1.82) is 0 Å². The van der Waals surface area contributed by atoms with Crippen LogP contribution in [0.5, 0.6) is 5.75 Å². The highest BCUT2D eigenvalue weighted by atomic mass is 16.5. The molecule has 0 radical (unpaired) electrons. The van der Waals surface area contributed by atoms with Gasteiger partial charge in [0.05, 0.1) is 24.5 Å². The summed E-state index contributed by atoms with van der Waals surface area (Å²) in [5.41, 5.74) is 2.84. The van der Waals surface area contributed by atoms with Crippen LogP contribution in [0.1, 0.15) is 0 Å². The number of pyridine rings is 3. The van der Waals surface area contributed by atoms with Crippen molar-refractivity contribution in [3.05, 3.63) is 49.1 Å². The van der Waals surface area contributed by atoms with Crippen LogP contribution in [0.3, 0.4) is 0 Å². The number of rotatable bonds is 3. The normalized spacial score (nSPS) is 11.0. The SMILES string of the molecule is CNc1ncc(-c2cc3ccc(OC)cn3n2)c2ccncc12. The highest BCUT2D eigenvalue weighted by Gasteiger charge is 2.12. The maximum Gasteiger partial charge on any atom is 0.137 e. The molecule has 4 rings (SSSR count).